The fraction of sp³-hybridized carbons (Fsp3) is 0.133. The van der Waals surface area contributed by atoms with Gasteiger partial charge in [0.15, 0.2) is 0 Å². The van der Waals surface area contributed by atoms with E-state index in [2.05, 4.69) is 15.3 Å². The van der Waals surface area contributed by atoms with E-state index in [1.54, 1.807) is 42.7 Å². The first-order chi connectivity index (χ1) is 10.2. The van der Waals surface area contributed by atoms with Crippen LogP contribution in [0, 0.1) is 0 Å². The summed E-state index contributed by atoms with van der Waals surface area (Å²) in [7, 11) is 0. The highest BCUT2D eigenvalue weighted by atomic mass is 32.1. The lowest BCUT2D eigenvalue weighted by Crippen LogP contribution is -2.25. The molecular weight excluding hydrogens is 286 g/mol. The van der Waals surface area contributed by atoms with Crippen molar-refractivity contribution in [3.05, 3.63) is 53.3 Å². The Kier molecular flexibility index (Phi) is 3.79. The molecule has 0 fully saturated rings. The highest BCUT2D eigenvalue weighted by Gasteiger charge is 2.07. The lowest BCUT2D eigenvalue weighted by molar-refractivity contribution is 0.0954. The number of amides is 1. The number of hydrogen-bond donors (Lipinski definition) is 2. The van der Waals surface area contributed by atoms with Gasteiger partial charge in [-0.3, -0.25) is 9.78 Å². The predicted octanol–water partition coefficient (Wildman–Crippen LogP) is 2.37. The van der Waals surface area contributed by atoms with Crippen molar-refractivity contribution in [3.63, 3.8) is 0 Å². The van der Waals surface area contributed by atoms with Gasteiger partial charge in [0.05, 0.1) is 15.2 Å². The fourth-order valence-corrected chi connectivity index (χ4v) is 2.96. The van der Waals surface area contributed by atoms with Crippen molar-refractivity contribution in [2.45, 2.75) is 6.42 Å². The Morgan fingerprint density at radius 3 is 2.86 bits per heavy atom. The predicted molar refractivity (Wildman–Crippen MR) is 81.6 cm³/mol. The van der Waals surface area contributed by atoms with E-state index >= 15 is 0 Å². The summed E-state index contributed by atoms with van der Waals surface area (Å²) < 4.78 is 0.950. The lowest BCUT2D eigenvalue weighted by atomic mass is 10.2. The molecule has 0 radical (unpaired) electrons. The second-order valence-electron chi connectivity index (χ2n) is 4.50. The Morgan fingerprint density at radius 1 is 1.24 bits per heavy atom. The van der Waals surface area contributed by atoms with Gasteiger partial charge in [-0.2, -0.15) is 0 Å². The van der Waals surface area contributed by atoms with Gasteiger partial charge in [-0.15, -0.1) is 11.3 Å². The number of nitrogens with one attached hydrogen (secondary N) is 1. The molecule has 2 N–H and O–H groups in total. The van der Waals surface area contributed by atoms with Gasteiger partial charge in [-0.25, -0.2) is 4.98 Å². The summed E-state index contributed by atoms with van der Waals surface area (Å²) in [6, 6.07) is 8.47. The first-order valence-electron chi connectivity index (χ1n) is 6.49. The average molecular weight is 299 g/mol. The number of phenols is 1. The van der Waals surface area contributed by atoms with E-state index in [9.17, 15) is 9.90 Å². The molecule has 1 aromatic carbocycles. The van der Waals surface area contributed by atoms with Crippen LogP contribution in [0.5, 0.6) is 5.75 Å². The standard InChI is InChI=1S/C15H13N3O2S/c19-11-1-2-12-13(9-11)21-14(18-12)5-8-17-15(20)10-3-6-16-7-4-10/h1-4,6-7,9,19H,5,8H2,(H,17,20). The van der Waals surface area contributed by atoms with Gasteiger partial charge in [0.2, 0.25) is 0 Å². The van der Waals surface area contributed by atoms with Crippen molar-refractivity contribution in [3.8, 4) is 5.75 Å². The highest BCUT2D eigenvalue weighted by molar-refractivity contribution is 7.18. The monoisotopic (exact) mass is 299 g/mol. The molecule has 0 bridgehead atoms. The number of aromatic nitrogens is 2. The molecule has 0 unspecified atom stereocenters. The third-order valence-corrected chi connectivity index (χ3v) is 4.06. The normalized spacial score (nSPS) is 10.7. The van der Waals surface area contributed by atoms with E-state index in [1.165, 1.54) is 11.3 Å². The van der Waals surface area contributed by atoms with Gasteiger partial charge in [0.25, 0.3) is 5.91 Å². The van der Waals surface area contributed by atoms with Crippen molar-refractivity contribution < 1.29 is 9.90 Å². The molecule has 0 saturated carbocycles. The molecule has 3 aromatic rings. The Morgan fingerprint density at radius 2 is 2.05 bits per heavy atom. The van der Waals surface area contributed by atoms with Crippen LogP contribution >= 0.6 is 11.3 Å². The zero-order valence-corrected chi connectivity index (χ0v) is 11.9. The minimum atomic E-state index is -0.115. The molecule has 0 aliphatic rings. The second kappa shape index (κ2) is 5.88. The largest absolute Gasteiger partial charge is 0.508 e. The number of thiazole rings is 1. The summed E-state index contributed by atoms with van der Waals surface area (Å²) in [5, 5.41) is 13.2. The number of fused-ring (bicyclic) bond motifs is 1. The molecule has 21 heavy (non-hydrogen) atoms. The molecule has 0 spiro atoms. The topological polar surface area (TPSA) is 75.1 Å². The number of hydrogen-bond acceptors (Lipinski definition) is 5. The summed E-state index contributed by atoms with van der Waals surface area (Å²) in [5.41, 5.74) is 1.47. The van der Waals surface area contributed by atoms with E-state index in [0.717, 1.165) is 15.2 Å². The summed E-state index contributed by atoms with van der Waals surface area (Å²) in [4.78, 5) is 20.2. The molecule has 0 aliphatic heterocycles. The van der Waals surface area contributed by atoms with Crippen molar-refractivity contribution >= 4 is 27.5 Å². The zero-order valence-electron chi connectivity index (χ0n) is 11.1. The van der Waals surface area contributed by atoms with Gasteiger partial charge < -0.3 is 10.4 Å². The third kappa shape index (κ3) is 3.17. The van der Waals surface area contributed by atoms with Crippen LogP contribution in [-0.2, 0) is 6.42 Å². The number of carbonyl (C=O) groups excluding carboxylic acids is 1. The minimum absolute atomic E-state index is 0.115. The van der Waals surface area contributed by atoms with Crippen LogP contribution in [0.1, 0.15) is 15.4 Å². The third-order valence-electron chi connectivity index (χ3n) is 2.98. The molecule has 5 nitrogen and oxygen atoms in total. The highest BCUT2D eigenvalue weighted by Crippen LogP contribution is 2.25. The van der Waals surface area contributed by atoms with Crippen LogP contribution in [0.3, 0.4) is 0 Å². The number of nitrogens with zero attached hydrogens (tertiary/aromatic N) is 2. The van der Waals surface area contributed by atoms with Crippen molar-refractivity contribution in [2.75, 3.05) is 6.54 Å². The molecule has 3 rings (SSSR count). The molecule has 0 saturated heterocycles. The van der Waals surface area contributed by atoms with Crippen molar-refractivity contribution in [1.29, 1.82) is 0 Å². The van der Waals surface area contributed by atoms with Gasteiger partial charge >= 0.3 is 0 Å². The molecule has 0 atom stereocenters. The minimum Gasteiger partial charge on any atom is -0.508 e. The van der Waals surface area contributed by atoms with Crippen LogP contribution in [0.25, 0.3) is 10.2 Å². The first kappa shape index (κ1) is 13.5. The van der Waals surface area contributed by atoms with Gasteiger partial charge in [0, 0.05) is 30.9 Å². The van der Waals surface area contributed by atoms with Gasteiger partial charge in [-0.1, -0.05) is 0 Å². The molecule has 106 valence electrons. The molecule has 2 heterocycles. The Hall–Kier alpha value is -2.47. The lowest BCUT2D eigenvalue weighted by Gasteiger charge is -2.03. The number of carbonyl (C=O) groups is 1. The maximum atomic E-state index is 11.9. The fourth-order valence-electron chi connectivity index (χ4n) is 1.96. The van der Waals surface area contributed by atoms with Crippen LogP contribution in [0.15, 0.2) is 42.7 Å². The number of aromatic hydroxyl groups is 1. The number of rotatable bonds is 4. The zero-order chi connectivity index (χ0) is 14.7. The molecular formula is C15H13N3O2S. The van der Waals surface area contributed by atoms with Crippen molar-refractivity contribution in [2.24, 2.45) is 0 Å². The summed E-state index contributed by atoms with van der Waals surface area (Å²) >= 11 is 1.53. The molecule has 0 aliphatic carbocycles. The van der Waals surface area contributed by atoms with Crippen molar-refractivity contribution in [1.82, 2.24) is 15.3 Å². The van der Waals surface area contributed by atoms with Gasteiger partial charge in [0.1, 0.15) is 5.75 Å². The number of benzene rings is 1. The average Bonchev–Trinajstić information content (AvgIpc) is 2.89. The van der Waals surface area contributed by atoms with E-state index < -0.39 is 0 Å². The number of pyridine rings is 1. The Balaban J connectivity index is 1.60. The van der Waals surface area contributed by atoms with E-state index in [0.29, 0.717) is 18.5 Å². The quantitative estimate of drug-likeness (QED) is 0.775. The second-order valence-corrected chi connectivity index (χ2v) is 5.62. The van der Waals surface area contributed by atoms with Crippen LogP contribution in [-0.4, -0.2) is 27.5 Å². The summed E-state index contributed by atoms with van der Waals surface area (Å²) in [5.74, 6) is 0.125. The summed E-state index contributed by atoms with van der Waals surface area (Å²) in [6.45, 7) is 0.521. The molecule has 1 amide bonds. The SMILES string of the molecule is O=C(NCCc1nc2ccc(O)cc2s1)c1ccncc1. The van der Waals surface area contributed by atoms with E-state index in [1.807, 2.05) is 0 Å². The van der Waals surface area contributed by atoms with E-state index in [-0.39, 0.29) is 11.7 Å². The maximum absolute atomic E-state index is 11.9. The number of phenolic OH excluding ortho intramolecular Hbond substituents is 1. The van der Waals surface area contributed by atoms with Gasteiger partial charge in [-0.05, 0) is 30.3 Å². The molecule has 6 heteroatoms. The van der Waals surface area contributed by atoms with Crippen LogP contribution < -0.4 is 5.32 Å². The Labute approximate surface area is 125 Å². The van der Waals surface area contributed by atoms with E-state index in [4.69, 9.17) is 0 Å². The Bertz CT molecular complexity index is 771. The van der Waals surface area contributed by atoms with Crippen LogP contribution in [0.2, 0.25) is 0 Å². The smallest absolute Gasteiger partial charge is 0.251 e. The maximum Gasteiger partial charge on any atom is 0.251 e. The van der Waals surface area contributed by atoms with Crippen LogP contribution in [0.4, 0.5) is 0 Å². The molecule has 2 aromatic heterocycles. The first-order valence-corrected chi connectivity index (χ1v) is 7.31. The summed E-state index contributed by atoms with van der Waals surface area (Å²) in [6.07, 6.45) is 3.85.